The van der Waals surface area contributed by atoms with Crippen molar-refractivity contribution in [1.82, 2.24) is 4.90 Å². The summed E-state index contributed by atoms with van der Waals surface area (Å²) in [5, 5.41) is 0. The monoisotopic (exact) mass is 309 g/mol. The van der Waals surface area contributed by atoms with Crippen molar-refractivity contribution in [3.8, 4) is 0 Å². The molecule has 2 rings (SSSR count). The van der Waals surface area contributed by atoms with E-state index in [2.05, 4.69) is 58.2 Å². The number of hydrogen-bond donors (Lipinski definition) is 0. The molecule has 0 bridgehead atoms. The van der Waals surface area contributed by atoms with Gasteiger partial charge >= 0.3 is 5.97 Å². The van der Waals surface area contributed by atoms with E-state index in [1.165, 1.54) is 24.3 Å². The number of rotatable bonds is 8. The lowest BCUT2D eigenvalue weighted by atomic mass is 10.1. The molecule has 0 aromatic heterocycles. The lowest BCUT2D eigenvalue weighted by molar-refractivity contribution is -0.134. The first-order valence-corrected chi connectivity index (χ1v) is 7.82. The maximum Gasteiger partial charge on any atom is 0.330 e. The molecule has 0 unspecified atom stereocenters. The third kappa shape index (κ3) is 6.49. The molecule has 0 aliphatic rings. The van der Waals surface area contributed by atoms with E-state index in [-0.39, 0.29) is 5.97 Å². The molecule has 0 fully saturated rings. The van der Waals surface area contributed by atoms with Crippen molar-refractivity contribution in [1.29, 1.82) is 0 Å². The third-order valence-electron chi connectivity index (χ3n) is 3.57. The van der Waals surface area contributed by atoms with Gasteiger partial charge in [-0.3, -0.25) is 4.90 Å². The Bertz CT molecular complexity index is 567. The Morgan fingerprint density at radius 1 is 0.957 bits per heavy atom. The predicted octanol–water partition coefficient (Wildman–Crippen LogP) is 3.81. The van der Waals surface area contributed by atoms with Crippen LogP contribution in [0.2, 0.25) is 0 Å². The number of carbonyl (C=O) groups excluding carboxylic acids is 1. The van der Waals surface area contributed by atoms with Crippen molar-refractivity contribution >= 4 is 5.97 Å². The minimum absolute atomic E-state index is 0.303. The van der Waals surface area contributed by atoms with Crippen LogP contribution in [-0.4, -0.2) is 24.5 Å². The van der Waals surface area contributed by atoms with Crippen LogP contribution in [0.1, 0.15) is 17.5 Å². The summed E-state index contributed by atoms with van der Waals surface area (Å²) in [7, 11) is 1.39. The summed E-state index contributed by atoms with van der Waals surface area (Å²) in [6.45, 7) is 2.67. The van der Waals surface area contributed by atoms with Crippen molar-refractivity contribution in [2.45, 2.75) is 19.5 Å². The smallest absolute Gasteiger partial charge is 0.330 e. The quantitative estimate of drug-likeness (QED) is 0.548. The predicted molar refractivity (Wildman–Crippen MR) is 92.8 cm³/mol. The number of esters is 1. The molecule has 0 N–H and O–H groups in total. The Kier molecular flexibility index (Phi) is 7.08. The molecule has 0 atom stereocenters. The molecule has 2 aromatic rings. The highest BCUT2D eigenvalue weighted by molar-refractivity contribution is 5.81. The SMILES string of the molecule is COC(=O)/C=C/CCN(Cc1ccccc1)Cc1ccccc1. The normalized spacial score (nSPS) is 11.0. The van der Waals surface area contributed by atoms with Gasteiger partial charge in [-0.25, -0.2) is 4.79 Å². The molecule has 0 saturated carbocycles. The van der Waals surface area contributed by atoms with Gasteiger partial charge in [-0.15, -0.1) is 0 Å². The minimum Gasteiger partial charge on any atom is -0.466 e. The van der Waals surface area contributed by atoms with E-state index in [0.29, 0.717) is 0 Å². The second-order valence-corrected chi connectivity index (χ2v) is 5.40. The minimum atomic E-state index is -0.303. The van der Waals surface area contributed by atoms with E-state index < -0.39 is 0 Å². The standard InChI is InChI=1S/C20H23NO2/c1-23-20(22)14-8-9-15-21(16-18-10-4-2-5-11-18)17-19-12-6-3-7-13-19/h2-8,10-14H,9,15-17H2,1H3/b14-8+. The van der Waals surface area contributed by atoms with E-state index in [9.17, 15) is 4.79 Å². The van der Waals surface area contributed by atoms with Gasteiger partial charge in [0, 0.05) is 25.7 Å². The summed E-state index contributed by atoms with van der Waals surface area (Å²) in [6, 6.07) is 20.9. The van der Waals surface area contributed by atoms with Crippen LogP contribution in [0.15, 0.2) is 72.8 Å². The number of benzene rings is 2. The Balaban J connectivity index is 1.96. The molecule has 0 heterocycles. The summed E-state index contributed by atoms with van der Waals surface area (Å²) >= 11 is 0. The van der Waals surface area contributed by atoms with Crippen molar-refractivity contribution < 1.29 is 9.53 Å². The summed E-state index contributed by atoms with van der Waals surface area (Å²) in [6.07, 6.45) is 4.17. The highest BCUT2D eigenvalue weighted by Crippen LogP contribution is 2.10. The van der Waals surface area contributed by atoms with Crippen LogP contribution < -0.4 is 0 Å². The Labute approximate surface area is 138 Å². The topological polar surface area (TPSA) is 29.5 Å². The van der Waals surface area contributed by atoms with Crippen LogP contribution in [-0.2, 0) is 22.6 Å². The van der Waals surface area contributed by atoms with Gasteiger partial charge in [-0.1, -0.05) is 66.7 Å². The van der Waals surface area contributed by atoms with Crippen LogP contribution in [0.4, 0.5) is 0 Å². The van der Waals surface area contributed by atoms with Crippen LogP contribution in [0.3, 0.4) is 0 Å². The number of hydrogen-bond acceptors (Lipinski definition) is 3. The van der Waals surface area contributed by atoms with Crippen LogP contribution in [0.25, 0.3) is 0 Å². The molecule has 0 saturated heterocycles. The summed E-state index contributed by atoms with van der Waals surface area (Å²) in [4.78, 5) is 13.5. The zero-order valence-electron chi connectivity index (χ0n) is 13.5. The summed E-state index contributed by atoms with van der Waals surface area (Å²) in [5.74, 6) is -0.303. The van der Waals surface area contributed by atoms with Gasteiger partial charge in [-0.2, -0.15) is 0 Å². The Morgan fingerprint density at radius 3 is 1.96 bits per heavy atom. The lowest BCUT2D eigenvalue weighted by Crippen LogP contribution is -2.23. The van der Waals surface area contributed by atoms with Crippen LogP contribution >= 0.6 is 0 Å². The number of ether oxygens (including phenoxy) is 1. The van der Waals surface area contributed by atoms with Crippen LogP contribution in [0, 0.1) is 0 Å². The van der Waals surface area contributed by atoms with Gasteiger partial charge in [0.2, 0.25) is 0 Å². The first-order valence-electron chi connectivity index (χ1n) is 7.82. The average molecular weight is 309 g/mol. The van der Waals surface area contributed by atoms with E-state index in [4.69, 9.17) is 0 Å². The van der Waals surface area contributed by atoms with Crippen molar-refractivity contribution in [2.75, 3.05) is 13.7 Å². The van der Waals surface area contributed by atoms with Gasteiger partial charge in [0.25, 0.3) is 0 Å². The first-order chi connectivity index (χ1) is 11.3. The van der Waals surface area contributed by atoms with Crippen molar-refractivity contribution in [3.63, 3.8) is 0 Å². The fraction of sp³-hybridized carbons (Fsp3) is 0.250. The fourth-order valence-corrected chi connectivity index (χ4v) is 2.40. The molecule has 3 nitrogen and oxygen atoms in total. The van der Waals surface area contributed by atoms with Gasteiger partial charge in [0.1, 0.15) is 0 Å². The van der Waals surface area contributed by atoms with E-state index in [0.717, 1.165) is 26.1 Å². The number of nitrogens with zero attached hydrogens (tertiary/aromatic N) is 1. The fourth-order valence-electron chi connectivity index (χ4n) is 2.40. The number of methoxy groups -OCH3 is 1. The lowest BCUT2D eigenvalue weighted by Gasteiger charge is -2.22. The third-order valence-corrected chi connectivity index (χ3v) is 3.57. The largest absolute Gasteiger partial charge is 0.466 e. The van der Waals surface area contributed by atoms with Crippen molar-refractivity contribution in [2.24, 2.45) is 0 Å². The highest BCUT2D eigenvalue weighted by Gasteiger charge is 2.06. The molecule has 120 valence electrons. The van der Waals surface area contributed by atoms with Gasteiger partial charge in [0.05, 0.1) is 7.11 Å². The second-order valence-electron chi connectivity index (χ2n) is 5.40. The summed E-state index contributed by atoms with van der Waals surface area (Å²) in [5.41, 5.74) is 2.58. The second kappa shape index (κ2) is 9.59. The molecule has 3 heteroatoms. The van der Waals surface area contributed by atoms with E-state index in [1.807, 2.05) is 18.2 Å². The molecule has 0 radical (unpaired) electrons. The number of carbonyl (C=O) groups is 1. The first kappa shape index (κ1) is 17.0. The van der Waals surface area contributed by atoms with Gasteiger partial charge < -0.3 is 4.74 Å². The van der Waals surface area contributed by atoms with Crippen LogP contribution in [0.5, 0.6) is 0 Å². The molecule has 23 heavy (non-hydrogen) atoms. The average Bonchev–Trinajstić information content (AvgIpc) is 2.60. The Morgan fingerprint density at radius 2 is 1.48 bits per heavy atom. The molecule has 0 aliphatic carbocycles. The summed E-state index contributed by atoms with van der Waals surface area (Å²) < 4.78 is 4.61. The molecule has 0 spiro atoms. The molecular formula is C20H23NO2. The molecular weight excluding hydrogens is 286 g/mol. The zero-order valence-corrected chi connectivity index (χ0v) is 13.5. The highest BCUT2D eigenvalue weighted by atomic mass is 16.5. The molecule has 0 amide bonds. The van der Waals surface area contributed by atoms with Crippen molar-refractivity contribution in [3.05, 3.63) is 83.9 Å². The maximum absolute atomic E-state index is 11.1. The van der Waals surface area contributed by atoms with Gasteiger partial charge in [-0.05, 0) is 17.5 Å². The Hall–Kier alpha value is -2.39. The molecule has 0 aliphatic heterocycles. The maximum atomic E-state index is 11.1. The zero-order chi connectivity index (χ0) is 16.3. The van der Waals surface area contributed by atoms with E-state index >= 15 is 0 Å². The van der Waals surface area contributed by atoms with E-state index in [1.54, 1.807) is 0 Å². The van der Waals surface area contributed by atoms with Gasteiger partial charge in [0.15, 0.2) is 0 Å². The molecule has 2 aromatic carbocycles.